The highest BCUT2D eigenvalue weighted by molar-refractivity contribution is 5.92. The van der Waals surface area contributed by atoms with Gasteiger partial charge in [-0.05, 0) is 43.6 Å². The van der Waals surface area contributed by atoms with Crippen molar-refractivity contribution in [2.24, 2.45) is 0 Å². The molecule has 1 saturated heterocycles. The molecule has 106 valence electrons. The van der Waals surface area contributed by atoms with Gasteiger partial charge in [0.15, 0.2) is 0 Å². The summed E-state index contributed by atoms with van der Waals surface area (Å²) in [4.78, 5) is 14.1. The summed E-state index contributed by atoms with van der Waals surface area (Å²) in [5.74, 6) is 2.36. The van der Waals surface area contributed by atoms with E-state index in [9.17, 15) is 4.79 Å². The van der Waals surface area contributed by atoms with Gasteiger partial charge in [0.1, 0.15) is 0 Å². The number of carbonyl (C=O) groups is 1. The molecular formula is C16H21N3O. The molecule has 20 heavy (non-hydrogen) atoms. The largest absolute Gasteiger partial charge is 0.325 e. The molecule has 0 spiro atoms. The van der Waals surface area contributed by atoms with E-state index in [1.165, 1.54) is 31.5 Å². The Morgan fingerprint density at radius 2 is 1.95 bits per heavy atom. The van der Waals surface area contributed by atoms with Crippen LogP contribution in [0.3, 0.4) is 0 Å². The fourth-order valence-electron chi connectivity index (χ4n) is 2.35. The maximum absolute atomic E-state index is 11.6. The Morgan fingerprint density at radius 3 is 2.60 bits per heavy atom. The van der Waals surface area contributed by atoms with E-state index in [4.69, 9.17) is 6.42 Å². The number of hydrogen-bond donors (Lipinski definition) is 2. The predicted octanol–water partition coefficient (Wildman–Crippen LogP) is 1.44. The predicted molar refractivity (Wildman–Crippen MR) is 81.3 cm³/mol. The lowest BCUT2D eigenvalue weighted by atomic mass is 10.2. The number of amides is 1. The quantitative estimate of drug-likeness (QED) is 0.608. The van der Waals surface area contributed by atoms with Crippen molar-refractivity contribution >= 4 is 11.6 Å². The van der Waals surface area contributed by atoms with Crippen molar-refractivity contribution in [3.05, 3.63) is 29.8 Å². The van der Waals surface area contributed by atoms with Crippen molar-refractivity contribution in [3.8, 4) is 12.3 Å². The average molecular weight is 271 g/mol. The highest BCUT2D eigenvalue weighted by Crippen LogP contribution is 2.15. The molecule has 0 radical (unpaired) electrons. The lowest BCUT2D eigenvalue weighted by molar-refractivity contribution is -0.115. The molecule has 1 aliphatic rings. The van der Waals surface area contributed by atoms with Gasteiger partial charge >= 0.3 is 0 Å². The Hall–Kier alpha value is -1.83. The van der Waals surface area contributed by atoms with Crippen LogP contribution in [0.15, 0.2) is 24.3 Å². The third kappa shape index (κ3) is 4.69. The Morgan fingerprint density at radius 1 is 1.25 bits per heavy atom. The summed E-state index contributed by atoms with van der Waals surface area (Å²) in [6.45, 7) is 4.03. The van der Waals surface area contributed by atoms with E-state index in [2.05, 4.69) is 33.6 Å². The Bertz CT molecular complexity index is 469. The van der Waals surface area contributed by atoms with Crippen LogP contribution >= 0.6 is 0 Å². The fourth-order valence-corrected chi connectivity index (χ4v) is 2.35. The molecule has 0 unspecified atom stereocenters. The molecule has 1 aromatic carbocycles. The summed E-state index contributed by atoms with van der Waals surface area (Å²) >= 11 is 0. The molecule has 0 atom stereocenters. The second-order valence-electron chi connectivity index (χ2n) is 5.04. The molecule has 1 fully saturated rings. The molecule has 1 heterocycles. The highest BCUT2D eigenvalue weighted by Gasteiger charge is 2.11. The first kappa shape index (κ1) is 14.6. The van der Waals surface area contributed by atoms with Gasteiger partial charge in [-0.15, -0.1) is 6.42 Å². The lowest BCUT2D eigenvalue weighted by Gasteiger charge is -2.14. The molecule has 1 amide bonds. The molecule has 0 aliphatic carbocycles. The monoisotopic (exact) mass is 271 g/mol. The number of benzene rings is 1. The summed E-state index contributed by atoms with van der Waals surface area (Å²) in [5, 5.41) is 5.70. The number of carbonyl (C=O) groups excluding carboxylic acids is 1. The third-order valence-electron chi connectivity index (χ3n) is 3.36. The molecular weight excluding hydrogens is 250 g/mol. The van der Waals surface area contributed by atoms with Crippen LogP contribution in [0.5, 0.6) is 0 Å². The summed E-state index contributed by atoms with van der Waals surface area (Å²) in [6, 6.07) is 8.04. The van der Waals surface area contributed by atoms with Crippen molar-refractivity contribution < 1.29 is 4.79 Å². The van der Waals surface area contributed by atoms with Crippen molar-refractivity contribution in [2.45, 2.75) is 19.4 Å². The van der Waals surface area contributed by atoms with Gasteiger partial charge in [0.25, 0.3) is 0 Å². The minimum Gasteiger partial charge on any atom is -0.325 e. The maximum Gasteiger partial charge on any atom is 0.238 e. The first-order chi connectivity index (χ1) is 9.78. The number of rotatable bonds is 6. The van der Waals surface area contributed by atoms with Crippen LogP contribution < -0.4 is 10.6 Å². The number of hydrogen-bond acceptors (Lipinski definition) is 3. The van der Waals surface area contributed by atoms with E-state index in [-0.39, 0.29) is 12.5 Å². The lowest BCUT2D eigenvalue weighted by Crippen LogP contribution is -2.28. The van der Waals surface area contributed by atoms with Gasteiger partial charge in [-0.2, -0.15) is 0 Å². The second kappa shape index (κ2) is 7.68. The number of nitrogens with one attached hydrogen (secondary N) is 2. The number of anilines is 1. The van der Waals surface area contributed by atoms with Gasteiger partial charge in [-0.1, -0.05) is 18.1 Å². The van der Waals surface area contributed by atoms with E-state index >= 15 is 0 Å². The number of likely N-dealkylation sites (tertiary alicyclic amines) is 1. The van der Waals surface area contributed by atoms with Crippen LogP contribution in [0.1, 0.15) is 18.4 Å². The van der Waals surface area contributed by atoms with Crippen molar-refractivity contribution in [1.82, 2.24) is 10.2 Å². The van der Waals surface area contributed by atoms with Crippen LogP contribution in [0.2, 0.25) is 0 Å². The standard InChI is InChI=1S/C16H21N3O/c1-2-9-17-12-16(20)18-15-7-5-14(6-8-15)13-19-10-3-4-11-19/h1,5-8,17H,3-4,9-13H2,(H,18,20). The zero-order chi connectivity index (χ0) is 14.2. The van der Waals surface area contributed by atoms with Gasteiger partial charge < -0.3 is 5.32 Å². The van der Waals surface area contributed by atoms with Crippen molar-refractivity contribution in [3.63, 3.8) is 0 Å². The van der Waals surface area contributed by atoms with E-state index in [0.717, 1.165) is 12.2 Å². The second-order valence-corrected chi connectivity index (χ2v) is 5.04. The van der Waals surface area contributed by atoms with Crippen LogP contribution in [-0.2, 0) is 11.3 Å². The summed E-state index contributed by atoms with van der Waals surface area (Å²) in [6.07, 6.45) is 7.71. The zero-order valence-corrected chi connectivity index (χ0v) is 11.7. The van der Waals surface area contributed by atoms with Gasteiger partial charge in [0, 0.05) is 12.2 Å². The average Bonchev–Trinajstić information content (AvgIpc) is 2.94. The molecule has 4 heteroatoms. The number of terminal acetylenes is 1. The van der Waals surface area contributed by atoms with Crippen LogP contribution in [-0.4, -0.2) is 37.0 Å². The highest BCUT2D eigenvalue weighted by atomic mass is 16.1. The van der Waals surface area contributed by atoms with Gasteiger partial charge in [-0.25, -0.2) is 0 Å². The van der Waals surface area contributed by atoms with Crippen LogP contribution in [0, 0.1) is 12.3 Å². The molecule has 2 N–H and O–H groups in total. The Balaban J connectivity index is 1.78. The minimum atomic E-state index is -0.0763. The Labute approximate surface area is 120 Å². The minimum absolute atomic E-state index is 0.0763. The van der Waals surface area contributed by atoms with Crippen molar-refractivity contribution in [1.29, 1.82) is 0 Å². The summed E-state index contributed by atoms with van der Waals surface area (Å²) in [7, 11) is 0. The smallest absolute Gasteiger partial charge is 0.238 e. The molecule has 4 nitrogen and oxygen atoms in total. The van der Waals surface area contributed by atoms with Gasteiger partial charge in [0.2, 0.25) is 5.91 Å². The fraction of sp³-hybridized carbons (Fsp3) is 0.438. The van der Waals surface area contributed by atoms with Crippen LogP contribution in [0.4, 0.5) is 5.69 Å². The molecule has 0 saturated carbocycles. The van der Waals surface area contributed by atoms with Crippen molar-refractivity contribution in [2.75, 3.05) is 31.5 Å². The topological polar surface area (TPSA) is 44.4 Å². The number of nitrogens with zero attached hydrogens (tertiary/aromatic N) is 1. The summed E-state index contributed by atoms with van der Waals surface area (Å²) in [5.41, 5.74) is 2.11. The molecule has 0 aromatic heterocycles. The molecule has 0 bridgehead atoms. The molecule has 1 aromatic rings. The Kier molecular flexibility index (Phi) is 5.60. The zero-order valence-electron chi connectivity index (χ0n) is 11.7. The van der Waals surface area contributed by atoms with E-state index in [0.29, 0.717) is 6.54 Å². The molecule has 1 aliphatic heterocycles. The van der Waals surface area contributed by atoms with E-state index < -0.39 is 0 Å². The molecule has 2 rings (SSSR count). The normalized spacial score (nSPS) is 14.9. The van der Waals surface area contributed by atoms with Crippen LogP contribution in [0.25, 0.3) is 0 Å². The van der Waals surface area contributed by atoms with E-state index in [1.54, 1.807) is 0 Å². The van der Waals surface area contributed by atoms with E-state index in [1.807, 2.05) is 12.1 Å². The summed E-state index contributed by atoms with van der Waals surface area (Å²) < 4.78 is 0. The SMILES string of the molecule is C#CCNCC(=O)Nc1ccc(CN2CCCC2)cc1. The first-order valence-corrected chi connectivity index (χ1v) is 7.03. The third-order valence-corrected chi connectivity index (χ3v) is 3.36. The first-order valence-electron chi connectivity index (χ1n) is 7.03. The van der Waals surface area contributed by atoms with Gasteiger partial charge in [0.05, 0.1) is 13.1 Å². The van der Waals surface area contributed by atoms with Gasteiger partial charge in [-0.3, -0.25) is 15.0 Å². The maximum atomic E-state index is 11.6.